The predicted octanol–water partition coefficient (Wildman–Crippen LogP) is 4.32. The average molecular weight is 310 g/mol. The number of pyridine rings is 2. The van der Waals surface area contributed by atoms with E-state index in [0.29, 0.717) is 0 Å². The van der Waals surface area contributed by atoms with Gasteiger partial charge in [-0.1, -0.05) is 24.3 Å². The van der Waals surface area contributed by atoms with Gasteiger partial charge in [-0.05, 0) is 46.5 Å². The van der Waals surface area contributed by atoms with Crippen LogP contribution in [0.1, 0.15) is 0 Å². The SMILES string of the molecule is c1cn2cc(-c3ccc(-c4ccc5nccn5c4)cc3)ccc2n1. The molecule has 5 rings (SSSR count). The molecule has 0 saturated heterocycles. The van der Waals surface area contributed by atoms with Crippen molar-refractivity contribution in [1.29, 1.82) is 0 Å². The van der Waals surface area contributed by atoms with E-state index < -0.39 is 0 Å². The highest BCUT2D eigenvalue weighted by atomic mass is 15.0. The van der Waals surface area contributed by atoms with Gasteiger partial charge in [-0.3, -0.25) is 0 Å². The first-order chi connectivity index (χ1) is 11.9. The molecule has 4 aromatic heterocycles. The number of rotatable bonds is 2. The number of hydrogen-bond donors (Lipinski definition) is 0. The molecule has 4 nitrogen and oxygen atoms in total. The zero-order chi connectivity index (χ0) is 15.9. The highest BCUT2D eigenvalue weighted by Gasteiger charge is 2.03. The molecule has 0 atom stereocenters. The molecule has 0 fully saturated rings. The van der Waals surface area contributed by atoms with Gasteiger partial charge in [-0.15, -0.1) is 0 Å². The third-order valence-corrected chi connectivity index (χ3v) is 4.33. The molecule has 0 aliphatic heterocycles. The van der Waals surface area contributed by atoms with Gasteiger partial charge in [0, 0.05) is 37.2 Å². The van der Waals surface area contributed by atoms with Crippen LogP contribution < -0.4 is 0 Å². The highest BCUT2D eigenvalue weighted by Crippen LogP contribution is 2.25. The Hall–Kier alpha value is -3.40. The maximum Gasteiger partial charge on any atom is 0.136 e. The van der Waals surface area contributed by atoms with E-state index in [1.807, 2.05) is 45.7 Å². The van der Waals surface area contributed by atoms with E-state index in [2.05, 4.69) is 58.8 Å². The second-order valence-corrected chi connectivity index (χ2v) is 5.80. The normalized spacial score (nSPS) is 11.3. The third kappa shape index (κ3) is 2.08. The monoisotopic (exact) mass is 310 g/mol. The van der Waals surface area contributed by atoms with Crippen molar-refractivity contribution in [2.45, 2.75) is 0 Å². The Morgan fingerprint density at radius 2 is 0.917 bits per heavy atom. The Kier molecular flexibility index (Phi) is 2.76. The van der Waals surface area contributed by atoms with Crippen LogP contribution in [0.25, 0.3) is 33.5 Å². The first kappa shape index (κ1) is 13.1. The molecule has 0 radical (unpaired) electrons. The van der Waals surface area contributed by atoms with E-state index in [9.17, 15) is 0 Å². The smallest absolute Gasteiger partial charge is 0.136 e. The summed E-state index contributed by atoms with van der Waals surface area (Å²) in [4.78, 5) is 8.57. The van der Waals surface area contributed by atoms with Gasteiger partial charge in [0.2, 0.25) is 0 Å². The third-order valence-electron chi connectivity index (χ3n) is 4.33. The number of nitrogens with zero attached hydrogens (tertiary/aromatic N) is 4. The topological polar surface area (TPSA) is 34.6 Å². The Bertz CT molecular complexity index is 1060. The molecule has 4 heterocycles. The van der Waals surface area contributed by atoms with E-state index in [-0.39, 0.29) is 0 Å². The fourth-order valence-electron chi connectivity index (χ4n) is 3.04. The van der Waals surface area contributed by atoms with Crippen LogP contribution in [0.3, 0.4) is 0 Å². The number of aromatic nitrogens is 4. The molecule has 0 saturated carbocycles. The van der Waals surface area contributed by atoms with Gasteiger partial charge in [-0.25, -0.2) is 9.97 Å². The van der Waals surface area contributed by atoms with Crippen LogP contribution in [0.2, 0.25) is 0 Å². The maximum absolute atomic E-state index is 4.28. The molecule has 0 amide bonds. The first-order valence-corrected chi connectivity index (χ1v) is 7.83. The summed E-state index contributed by atoms with van der Waals surface area (Å²) in [5.74, 6) is 0. The van der Waals surface area contributed by atoms with Crippen molar-refractivity contribution in [2.75, 3.05) is 0 Å². The maximum atomic E-state index is 4.28. The molecule has 24 heavy (non-hydrogen) atoms. The largest absolute Gasteiger partial charge is 0.306 e. The Labute approximate surface area is 138 Å². The summed E-state index contributed by atoms with van der Waals surface area (Å²) in [5, 5.41) is 0. The minimum atomic E-state index is 0.962. The van der Waals surface area contributed by atoms with Gasteiger partial charge in [-0.2, -0.15) is 0 Å². The summed E-state index contributed by atoms with van der Waals surface area (Å²) < 4.78 is 4.08. The first-order valence-electron chi connectivity index (χ1n) is 7.83. The van der Waals surface area contributed by atoms with Crippen LogP contribution >= 0.6 is 0 Å². The van der Waals surface area contributed by atoms with E-state index in [1.54, 1.807) is 0 Å². The molecule has 1 aromatic carbocycles. The van der Waals surface area contributed by atoms with Crippen molar-refractivity contribution in [2.24, 2.45) is 0 Å². The second-order valence-electron chi connectivity index (χ2n) is 5.80. The van der Waals surface area contributed by atoms with Crippen molar-refractivity contribution >= 4 is 11.3 Å². The van der Waals surface area contributed by atoms with Gasteiger partial charge in [0.25, 0.3) is 0 Å². The zero-order valence-corrected chi connectivity index (χ0v) is 12.9. The molecule has 0 N–H and O–H groups in total. The van der Waals surface area contributed by atoms with Crippen molar-refractivity contribution in [1.82, 2.24) is 18.8 Å². The fourth-order valence-corrected chi connectivity index (χ4v) is 3.04. The molecule has 114 valence electrons. The van der Waals surface area contributed by atoms with E-state index in [4.69, 9.17) is 0 Å². The summed E-state index contributed by atoms with van der Waals surface area (Å²) in [6.07, 6.45) is 11.8. The van der Waals surface area contributed by atoms with Crippen LogP contribution in [0, 0.1) is 0 Å². The summed E-state index contributed by atoms with van der Waals surface area (Å²) in [6.45, 7) is 0. The highest BCUT2D eigenvalue weighted by molar-refractivity contribution is 5.71. The van der Waals surface area contributed by atoms with Crippen molar-refractivity contribution in [3.8, 4) is 22.3 Å². The summed E-state index contributed by atoms with van der Waals surface area (Å²) >= 11 is 0. The van der Waals surface area contributed by atoms with Crippen LogP contribution in [0.5, 0.6) is 0 Å². The molecule has 5 aromatic rings. The van der Waals surface area contributed by atoms with Crippen LogP contribution in [0.4, 0.5) is 0 Å². The Morgan fingerprint density at radius 1 is 0.500 bits per heavy atom. The molecule has 0 unspecified atom stereocenters. The van der Waals surface area contributed by atoms with E-state index in [1.165, 1.54) is 22.3 Å². The van der Waals surface area contributed by atoms with Gasteiger partial charge < -0.3 is 8.80 Å². The quantitative estimate of drug-likeness (QED) is 0.487. The molecular weight excluding hydrogens is 296 g/mol. The lowest BCUT2D eigenvalue weighted by Crippen LogP contribution is -1.87. The predicted molar refractivity (Wildman–Crippen MR) is 94.8 cm³/mol. The molecule has 0 aliphatic carbocycles. The summed E-state index contributed by atoms with van der Waals surface area (Å²) in [6, 6.07) is 16.9. The van der Waals surface area contributed by atoms with Crippen molar-refractivity contribution in [3.63, 3.8) is 0 Å². The van der Waals surface area contributed by atoms with Crippen LogP contribution in [-0.4, -0.2) is 18.8 Å². The second kappa shape index (κ2) is 5.06. The molecule has 0 spiro atoms. The molecule has 0 aliphatic rings. The lowest BCUT2D eigenvalue weighted by molar-refractivity contribution is 1.19. The zero-order valence-electron chi connectivity index (χ0n) is 12.9. The lowest BCUT2D eigenvalue weighted by atomic mass is 10.0. The van der Waals surface area contributed by atoms with Crippen molar-refractivity contribution in [3.05, 3.63) is 85.7 Å². The average Bonchev–Trinajstić information content (AvgIpc) is 3.29. The standard InChI is InChI=1S/C20H14N4/c1-2-16(18-6-8-20-22-10-12-24(20)14-18)4-3-15(1)17-5-7-19-21-9-11-23(19)13-17/h1-14H. The Balaban J connectivity index is 1.53. The molecule has 4 heteroatoms. The van der Waals surface area contributed by atoms with Crippen LogP contribution in [0.15, 0.2) is 85.7 Å². The van der Waals surface area contributed by atoms with E-state index in [0.717, 1.165) is 11.3 Å². The summed E-state index contributed by atoms with van der Waals surface area (Å²) in [7, 11) is 0. The van der Waals surface area contributed by atoms with E-state index >= 15 is 0 Å². The lowest BCUT2D eigenvalue weighted by Gasteiger charge is -2.06. The van der Waals surface area contributed by atoms with Gasteiger partial charge in [0.1, 0.15) is 11.3 Å². The Morgan fingerprint density at radius 3 is 1.38 bits per heavy atom. The minimum Gasteiger partial charge on any atom is -0.306 e. The van der Waals surface area contributed by atoms with Crippen molar-refractivity contribution < 1.29 is 0 Å². The van der Waals surface area contributed by atoms with Crippen LogP contribution in [-0.2, 0) is 0 Å². The van der Waals surface area contributed by atoms with Gasteiger partial charge in [0.15, 0.2) is 0 Å². The van der Waals surface area contributed by atoms with Gasteiger partial charge >= 0.3 is 0 Å². The number of imidazole rings is 2. The van der Waals surface area contributed by atoms with Gasteiger partial charge in [0.05, 0.1) is 0 Å². The molecular formula is C20H14N4. The minimum absolute atomic E-state index is 0.962. The number of fused-ring (bicyclic) bond motifs is 2. The number of benzene rings is 1. The fraction of sp³-hybridized carbons (Fsp3) is 0. The summed E-state index contributed by atoms with van der Waals surface area (Å²) in [5.41, 5.74) is 6.67. The number of hydrogen-bond acceptors (Lipinski definition) is 2. The molecule has 0 bridgehead atoms.